The number of urea groups is 1. The van der Waals surface area contributed by atoms with Crippen molar-refractivity contribution in [3.8, 4) is 0 Å². The van der Waals surface area contributed by atoms with E-state index in [1.807, 2.05) is 12.1 Å². The molecule has 0 heterocycles. The predicted octanol–water partition coefficient (Wildman–Crippen LogP) is 1.82. The van der Waals surface area contributed by atoms with Crippen molar-refractivity contribution in [2.45, 2.75) is 0 Å². The van der Waals surface area contributed by atoms with Gasteiger partial charge in [0.15, 0.2) is 0 Å². The number of anilines is 1. The van der Waals surface area contributed by atoms with Crippen LogP contribution in [0, 0.1) is 0 Å². The van der Waals surface area contributed by atoms with Gasteiger partial charge in [0.05, 0.1) is 0 Å². The molecule has 0 radical (unpaired) electrons. The number of amides is 2. The number of rotatable bonds is 2. The van der Waals surface area contributed by atoms with Crippen molar-refractivity contribution in [1.29, 1.82) is 0 Å². The minimum atomic E-state index is -0.559. The first-order valence-electron chi connectivity index (χ1n) is 3.51. The predicted molar refractivity (Wildman–Crippen MR) is 49.7 cm³/mol. The Hall–Kier alpha value is -1.77. The molecule has 0 aliphatic heterocycles. The smallest absolute Gasteiger partial charge is 0.316 e. The summed E-state index contributed by atoms with van der Waals surface area (Å²) in [5, 5.41) is 2.47. The Bertz CT molecular complexity index is 307. The van der Waals surface area contributed by atoms with E-state index in [1.165, 1.54) is 0 Å². The lowest BCUT2D eigenvalue weighted by Crippen LogP contribution is -2.19. The standard InChI is InChI=1S/C9H10N2O/c1-2-7-4-3-5-8(6-7)11-9(10)12/h2-6H,1H2,(H3,10,11,12). The van der Waals surface area contributed by atoms with Crippen LogP contribution < -0.4 is 11.1 Å². The summed E-state index contributed by atoms with van der Waals surface area (Å²) in [6, 6.07) is 6.70. The van der Waals surface area contributed by atoms with Crippen molar-refractivity contribution in [2.24, 2.45) is 5.73 Å². The molecule has 0 fully saturated rings. The Labute approximate surface area is 70.9 Å². The molecule has 3 N–H and O–H groups in total. The third-order valence-corrected chi connectivity index (χ3v) is 1.39. The van der Waals surface area contributed by atoms with Gasteiger partial charge in [-0.1, -0.05) is 24.8 Å². The molecule has 0 aromatic heterocycles. The minimum Gasteiger partial charge on any atom is -0.351 e. The van der Waals surface area contributed by atoms with E-state index in [9.17, 15) is 4.79 Å². The molecule has 0 aliphatic rings. The summed E-state index contributed by atoms with van der Waals surface area (Å²) in [6.07, 6.45) is 1.70. The van der Waals surface area contributed by atoms with E-state index < -0.39 is 6.03 Å². The third-order valence-electron chi connectivity index (χ3n) is 1.39. The number of hydrogen-bond acceptors (Lipinski definition) is 1. The van der Waals surface area contributed by atoms with Crippen LogP contribution in [0.4, 0.5) is 10.5 Å². The summed E-state index contributed by atoms with van der Waals surface area (Å²) in [4.78, 5) is 10.5. The van der Waals surface area contributed by atoms with Gasteiger partial charge >= 0.3 is 6.03 Å². The molecular weight excluding hydrogens is 152 g/mol. The Morgan fingerprint density at radius 3 is 2.92 bits per heavy atom. The summed E-state index contributed by atoms with van der Waals surface area (Å²) in [5.41, 5.74) is 6.57. The van der Waals surface area contributed by atoms with Crippen molar-refractivity contribution >= 4 is 17.8 Å². The molecule has 0 aliphatic carbocycles. The van der Waals surface area contributed by atoms with E-state index in [4.69, 9.17) is 5.73 Å². The fraction of sp³-hybridized carbons (Fsp3) is 0. The van der Waals surface area contributed by atoms with Crippen LogP contribution >= 0.6 is 0 Å². The summed E-state index contributed by atoms with van der Waals surface area (Å²) in [7, 11) is 0. The van der Waals surface area contributed by atoms with Crippen LogP contribution in [0.1, 0.15) is 5.56 Å². The van der Waals surface area contributed by atoms with Crippen LogP contribution in [0.3, 0.4) is 0 Å². The fourth-order valence-corrected chi connectivity index (χ4v) is 0.886. The zero-order valence-electron chi connectivity index (χ0n) is 6.58. The van der Waals surface area contributed by atoms with E-state index in [0.717, 1.165) is 5.56 Å². The molecule has 0 atom stereocenters. The molecule has 1 aromatic carbocycles. The first-order valence-corrected chi connectivity index (χ1v) is 3.51. The molecule has 2 amide bonds. The third kappa shape index (κ3) is 2.12. The molecule has 0 saturated carbocycles. The normalized spacial score (nSPS) is 9.00. The zero-order chi connectivity index (χ0) is 8.97. The van der Waals surface area contributed by atoms with Crippen molar-refractivity contribution in [3.63, 3.8) is 0 Å². The number of carbonyl (C=O) groups is 1. The van der Waals surface area contributed by atoms with Crippen molar-refractivity contribution in [2.75, 3.05) is 5.32 Å². The molecule has 0 saturated heterocycles. The lowest BCUT2D eigenvalue weighted by atomic mass is 10.2. The Balaban J connectivity index is 2.86. The van der Waals surface area contributed by atoms with Gasteiger partial charge in [0.25, 0.3) is 0 Å². The van der Waals surface area contributed by atoms with Crippen LogP contribution in [0.2, 0.25) is 0 Å². The average Bonchev–Trinajstić information content (AvgIpc) is 2.03. The molecular formula is C9H10N2O. The van der Waals surface area contributed by atoms with Crippen molar-refractivity contribution in [1.82, 2.24) is 0 Å². The lowest BCUT2D eigenvalue weighted by Gasteiger charge is -2.01. The zero-order valence-corrected chi connectivity index (χ0v) is 6.58. The van der Waals surface area contributed by atoms with Crippen molar-refractivity contribution < 1.29 is 4.79 Å². The molecule has 1 rings (SSSR count). The number of benzene rings is 1. The monoisotopic (exact) mass is 162 g/mol. The molecule has 12 heavy (non-hydrogen) atoms. The second-order valence-corrected chi connectivity index (χ2v) is 2.32. The molecule has 0 spiro atoms. The number of hydrogen-bond donors (Lipinski definition) is 2. The molecule has 62 valence electrons. The van der Waals surface area contributed by atoms with Crippen molar-refractivity contribution in [3.05, 3.63) is 36.4 Å². The van der Waals surface area contributed by atoms with E-state index in [2.05, 4.69) is 11.9 Å². The van der Waals surface area contributed by atoms with E-state index in [1.54, 1.807) is 18.2 Å². The number of carbonyl (C=O) groups excluding carboxylic acids is 1. The summed E-state index contributed by atoms with van der Waals surface area (Å²) < 4.78 is 0. The highest BCUT2D eigenvalue weighted by molar-refractivity contribution is 5.88. The molecule has 3 nitrogen and oxygen atoms in total. The summed E-state index contributed by atoms with van der Waals surface area (Å²) in [6.45, 7) is 3.61. The van der Waals surface area contributed by atoms with E-state index in [0.29, 0.717) is 5.69 Å². The largest absolute Gasteiger partial charge is 0.351 e. The molecule has 1 aromatic rings. The fourth-order valence-electron chi connectivity index (χ4n) is 0.886. The van der Waals surface area contributed by atoms with Crippen LogP contribution in [-0.4, -0.2) is 6.03 Å². The van der Waals surface area contributed by atoms with Crippen LogP contribution in [0.25, 0.3) is 6.08 Å². The summed E-state index contributed by atoms with van der Waals surface area (Å²) >= 11 is 0. The average molecular weight is 162 g/mol. The quantitative estimate of drug-likeness (QED) is 0.684. The Morgan fingerprint density at radius 1 is 1.58 bits per heavy atom. The second kappa shape index (κ2) is 3.57. The SMILES string of the molecule is C=Cc1cccc(NC(N)=O)c1. The first kappa shape index (κ1) is 8.33. The van der Waals surface area contributed by atoms with Gasteiger partial charge in [0.2, 0.25) is 0 Å². The van der Waals surface area contributed by atoms with Crippen LogP contribution in [-0.2, 0) is 0 Å². The maximum atomic E-state index is 10.5. The van der Waals surface area contributed by atoms with Crippen LogP contribution in [0.5, 0.6) is 0 Å². The lowest BCUT2D eigenvalue weighted by molar-refractivity contribution is 0.259. The van der Waals surface area contributed by atoms with Gasteiger partial charge in [0.1, 0.15) is 0 Å². The number of nitrogens with two attached hydrogens (primary N) is 1. The maximum absolute atomic E-state index is 10.5. The van der Waals surface area contributed by atoms with E-state index in [-0.39, 0.29) is 0 Å². The number of nitrogens with one attached hydrogen (secondary N) is 1. The topological polar surface area (TPSA) is 55.1 Å². The molecule has 0 unspecified atom stereocenters. The highest BCUT2D eigenvalue weighted by Gasteiger charge is 1.94. The first-order chi connectivity index (χ1) is 5.72. The summed E-state index contributed by atoms with van der Waals surface area (Å²) in [5.74, 6) is 0. The highest BCUT2D eigenvalue weighted by Crippen LogP contribution is 2.10. The van der Waals surface area contributed by atoms with Gasteiger partial charge in [-0.15, -0.1) is 0 Å². The Morgan fingerprint density at radius 2 is 2.33 bits per heavy atom. The van der Waals surface area contributed by atoms with Gasteiger partial charge < -0.3 is 11.1 Å². The van der Waals surface area contributed by atoms with Gasteiger partial charge in [-0.25, -0.2) is 4.79 Å². The highest BCUT2D eigenvalue weighted by atomic mass is 16.2. The second-order valence-electron chi connectivity index (χ2n) is 2.32. The van der Waals surface area contributed by atoms with Gasteiger partial charge in [-0.3, -0.25) is 0 Å². The van der Waals surface area contributed by atoms with Gasteiger partial charge in [-0.2, -0.15) is 0 Å². The van der Waals surface area contributed by atoms with Crippen LogP contribution in [0.15, 0.2) is 30.8 Å². The van der Waals surface area contributed by atoms with E-state index >= 15 is 0 Å². The maximum Gasteiger partial charge on any atom is 0.316 e. The Kier molecular flexibility index (Phi) is 2.48. The van der Waals surface area contributed by atoms with Gasteiger partial charge in [0, 0.05) is 5.69 Å². The molecule has 3 heteroatoms. The minimum absolute atomic E-state index is 0.559. The molecule has 0 bridgehead atoms. The van der Waals surface area contributed by atoms with Gasteiger partial charge in [-0.05, 0) is 17.7 Å². The number of primary amides is 1.